The van der Waals surface area contributed by atoms with E-state index in [0.29, 0.717) is 17.1 Å². The molecule has 0 unspecified atom stereocenters. The van der Waals surface area contributed by atoms with Crippen molar-refractivity contribution < 1.29 is 23.1 Å². The van der Waals surface area contributed by atoms with Crippen molar-refractivity contribution in [1.82, 2.24) is 14.7 Å². The number of aromatic nitrogens is 2. The number of esters is 1. The Bertz CT molecular complexity index is 1110. The second kappa shape index (κ2) is 9.36. The summed E-state index contributed by atoms with van der Waals surface area (Å²) in [6.07, 6.45) is 0. The Hall–Kier alpha value is -3.46. The summed E-state index contributed by atoms with van der Waals surface area (Å²) in [5.41, 5.74) is 1.20. The van der Waals surface area contributed by atoms with E-state index in [1.807, 2.05) is 6.07 Å². The zero-order valence-electron chi connectivity index (χ0n) is 15.9. The Labute approximate surface area is 175 Å². The van der Waals surface area contributed by atoms with Crippen LogP contribution in [0.3, 0.4) is 0 Å². The van der Waals surface area contributed by atoms with E-state index in [4.69, 9.17) is 20.8 Å². The lowest BCUT2D eigenvalue weighted by molar-refractivity contribution is -0.152. The molecule has 0 fully saturated rings. The Kier molecular flexibility index (Phi) is 6.63. The van der Waals surface area contributed by atoms with E-state index < -0.39 is 36.6 Å². The fourth-order valence-electron chi connectivity index (χ4n) is 2.53. The van der Waals surface area contributed by atoms with Crippen molar-refractivity contribution in [3.8, 4) is 11.5 Å². The maximum absolute atomic E-state index is 13.0. The number of amides is 1. The highest BCUT2D eigenvalue weighted by Crippen LogP contribution is 2.15. The van der Waals surface area contributed by atoms with E-state index in [2.05, 4.69) is 5.10 Å². The molecule has 0 N–H and O–H groups in total. The van der Waals surface area contributed by atoms with Crippen LogP contribution in [0.25, 0.3) is 11.5 Å². The number of halogens is 2. The van der Waals surface area contributed by atoms with Gasteiger partial charge in [-0.1, -0.05) is 23.7 Å². The van der Waals surface area contributed by atoms with Gasteiger partial charge in [-0.05, 0) is 42.0 Å². The minimum Gasteiger partial charge on any atom is -0.454 e. The molecule has 3 aromatic rings. The van der Waals surface area contributed by atoms with Crippen LogP contribution in [0.5, 0.6) is 0 Å². The molecule has 0 aliphatic carbocycles. The quantitative estimate of drug-likeness (QED) is 0.531. The zero-order valence-corrected chi connectivity index (χ0v) is 16.6. The minimum absolute atomic E-state index is 0.0647. The summed E-state index contributed by atoms with van der Waals surface area (Å²) in [5.74, 6) is -2.65. The molecule has 156 valence electrons. The standard InChI is InChI=1S/C20H17ClFN3O5/c1-24(10-13-3-2-4-15(21)9-13)17(26)12-29-18(27)11-25-20(28)30-19(23-25)14-5-7-16(22)8-6-14/h2-9H,10-12H2,1H3. The van der Waals surface area contributed by atoms with Gasteiger partial charge in [-0.3, -0.25) is 9.59 Å². The van der Waals surface area contributed by atoms with Crippen molar-refractivity contribution in [2.75, 3.05) is 13.7 Å². The number of likely N-dealkylation sites (N-methyl/N-ethyl adjacent to an activating group) is 1. The number of rotatable bonds is 7. The molecule has 10 heteroatoms. The first-order valence-corrected chi connectivity index (χ1v) is 9.17. The smallest absolute Gasteiger partial charge is 0.437 e. The van der Waals surface area contributed by atoms with Gasteiger partial charge in [-0.2, -0.15) is 4.68 Å². The number of nitrogens with zero attached hydrogens (tertiary/aromatic N) is 3. The molecule has 0 saturated heterocycles. The van der Waals surface area contributed by atoms with Crippen LogP contribution in [0.2, 0.25) is 5.02 Å². The topological polar surface area (TPSA) is 94.6 Å². The summed E-state index contributed by atoms with van der Waals surface area (Å²) < 4.78 is 23.6. The largest absolute Gasteiger partial charge is 0.454 e. The van der Waals surface area contributed by atoms with Gasteiger partial charge in [0.05, 0.1) is 0 Å². The molecule has 0 saturated carbocycles. The van der Waals surface area contributed by atoms with Crippen LogP contribution < -0.4 is 5.76 Å². The Morgan fingerprint density at radius 2 is 1.97 bits per heavy atom. The van der Waals surface area contributed by atoms with E-state index in [-0.39, 0.29) is 5.89 Å². The van der Waals surface area contributed by atoms with Gasteiger partial charge in [0, 0.05) is 24.2 Å². The zero-order chi connectivity index (χ0) is 21.7. The van der Waals surface area contributed by atoms with Crippen molar-refractivity contribution in [1.29, 1.82) is 0 Å². The van der Waals surface area contributed by atoms with Gasteiger partial charge < -0.3 is 14.1 Å². The van der Waals surface area contributed by atoms with Gasteiger partial charge in [-0.15, -0.1) is 5.10 Å². The normalized spacial score (nSPS) is 10.6. The Balaban J connectivity index is 1.53. The molecule has 1 heterocycles. The van der Waals surface area contributed by atoms with Crippen molar-refractivity contribution >= 4 is 23.5 Å². The maximum atomic E-state index is 13.0. The number of benzene rings is 2. The molecule has 30 heavy (non-hydrogen) atoms. The second-order valence-corrected chi connectivity index (χ2v) is 6.81. The van der Waals surface area contributed by atoms with Gasteiger partial charge >= 0.3 is 11.7 Å². The summed E-state index contributed by atoms with van der Waals surface area (Å²) in [4.78, 5) is 37.4. The molecule has 8 nitrogen and oxygen atoms in total. The van der Waals surface area contributed by atoms with E-state index >= 15 is 0 Å². The average Bonchev–Trinajstić information content (AvgIpc) is 3.07. The van der Waals surface area contributed by atoms with Gasteiger partial charge in [0.25, 0.3) is 5.91 Å². The van der Waals surface area contributed by atoms with Crippen LogP contribution in [-0.4, -0.2) is 40.2 Å². The molecular weight excluding hydrogens is 417 g/mol. The van der Waals surface area contributed by atoms with Crippen LogP contribution in [-0.2, 0) is 27.4 Å². The minimum atomic E-state index is -0.879. The molecule has 0 bridgehead atoms. The predicted molar refractivity (Wildman–Crippen MR) is 105 cm³/mol. The third-order valence-corrected chi connectivity index (χ3v) is 4.30. The molecule has 3 rings (SSSR count). The van der Waals surface area contributed by atoms with Crippen LogP contribution in [0.4, 0.5) is 4.39 Å². The highest BCUT2D eigenvalue weighted by atomic mass is 35.5. The van der Waals surface area contributed by atoms with Crippen LogP contribution in [0, 0.1) is 5.82 Å². The molecule has 0 aliphatic rings. The fourth-order valence-corrected chi connectivity index (χ4v) is 2.75. The van der Waals surface area contributed by atoms with Gasteiger partial charge in [0.1, 0.15) is 12.4 Å². The third kappa shape index (κ3) is 5.54. The van der Waals surface area contributed by atoms with Crippen LogP contribution >= 0.6 is 11.6 Å². The Morgan fingerprint density at radius 3 is 2.67 bits per heavy atom. The molecule has 1 aromatic heterocycles. The molecule has 0 radical (unpaired) electrons. The summed E-state index contributed by atoms with van der Waals surface area (Å²) >= 11 is 5.92. The lowest BCUT2D eigenvalue weighted by atomic mass is 10.2. The number of carbonyl (C=O) groups excluding carboxylic acids is 2. The maximum Gasteiger partial charge on any atom is 0.437 e. The van der Waals surface area contributed by atoms with Crippen molar-refractivity contribution in [3.05, 3.63) is 75.5 Å². The monoisotopic (exact) mass is 433 g/mol. The second-order valence-electron chi connectivity index (χ2n) is 6.38. The van der Waals surface area contributed by atoms with Crippen LogP contribution in [0.15, 0.2) is 57.7 Å². The summed E-state index contributed by atoms with van der Waals surface area (Å²) in [6.45, 7) is -0.733. The molecule has 1 amide bonds. The Morgan fingerprint density at radius 1 is 1.23 bits per heavy atom. The molecule has 2 aromatic carbocycles. The van der Waals surface area contributed by atoms with Crippen molar-refractivity contribution in [2.24, 2.45) is 0 Å². The van der Waals surface area contributed by atoms with Crippen molar-refractivity contribution in [2.45, 2.75) is 13.1 Å². The predicted octanol–water partition coefficient (Wildman–Crippen LogP) is 2.50. The highest BCUT2D eigenvalue weighted by molar-refractivity contribution is 6.30. The molecule has 0 atom stereocenters. The number of hydrogen-bond donors (Lipinski definition) is 0. The number of ether oxygens (including phenoxy) is 1. The van der Waals surface area contributed by atoms with Gasteiger partial charge in [-0.25, -0.2) is 9.18 Å². The van der Waals surface area contributed by atoms with Crippen molar-refractivity contribution in [3.63, 3.8) is 0 Å². The average molecular weight is 434 g/mol. The summed E-state index contributed by atoms with van der Waals surface area (Å²) in [5, 5.41) is 4.44. The van der Waals surface area contributed by atoms with E-state index in [1.54, 1.807) is 25.2 Å². The number of carbonyl (C=O) groups is 2. The van der Waals surface area contributed by atoms with E-state index in [9.17, 15) is 18.8 Å². The van der Waals surface area contributed by atoms with Gasteiger partial charge in [0.15, 0.2) is 6.61 Å². The number of hydrogen-bond acceptors (Lipinski definition) is 6. The fraction of sp³-hybridized carbons (Fsp3) is 0.200. The molecular formula is C20H17ClFN3O5. The third-order valence-electron chi connectivity index (χ3n) is 4.07. The summed E-state index contributed by atoms with van der Waals surface area (Å²) in [6, 6.07) is 12.2. The van der Waals surface area contributed by atoms with Gasteiger partial charge in [0.2, 0.25) is 5.89 Å². The lowest BCUT2D eigenvalue weighted by Crippen LogP contribution is -2.32. The highest BCUT2D eigenvalue weighted by Gasteiger charge is 2.16. The van der Waals surface area contributed by atoms with E-state index in [0.717, 1.165) is 10.2 Å². The SMILES string of the molecule is CN(Cc1cccc(Cl)c1)C(=O)COC(=O)Cn1nc(-c2ccc(F)cc2)oc1=O. The molecule has 0 aliphatic heterocycles. The first-order chi connectivity index (χ1) is 14.3. The molecule has 0 spiro atoms. The van der Waals surface area contributed by atoms with E-state index in [1.165, 1.54) is 29.2 Å². The van der Waals surface area contributed by atoms with Crippen LogP contribution in [0.1, 0.15) is 5.56 Å². The summed E-state index contributed by atoms with van der Waals surface area (Å²) in [7, 11) is 1.56. The lowest BCUT2D eigenvalue weighted by Gasteiger charge is -2.17. The first-order valence-electron chi connectivity index (χ1n) is 8.80. The first kappa shape index (κ1) is 21.3.